The molecule has 0 saturated carbocycles. The van der Waals surface area contributed by atoms with Crippen LogP contribution in [0.25, 0.3) is 5.69 Å². The molecule has 0 radical (unpaired) electrons. The van der Waals surface area contributed by atoms with Gasteiger partial charge in [-0.2, -0.15) is 0 Å². The fourth-order valence-corrected chi connectivity index (χ4v) is 4.67. The topological polar surface area (TPSA) is 71.4 Å². The van der Waals surface area contributed by atoms with Gasteiger partial charge < -0.3 is 9.88 Å². The van der Waals surface area contributed by atoms with E-state index in [1.165, 1.54) is 23.5 Å². The van der Waals surface area contributed by atoms with Gasteiger partial charge in [0.2, 0.25) is 0 Å². The largest absolute Gasteiger partial charge is 0.325 e. The Kier molecular flexibility index (Phi) is 4.82. The van der Waals surface area contributed by atoms with E-state index in [4.69, 9.17) is 0 Å². The average molecular weight is 425 g/mol. The van der Waals surface area contributed by atoms with Crippen LogP contribution in [0.2, 0.25) is 0 Å². The lowest BCUT2D eigenvalue weighted by Crippen LogP contribution is -2.40. The van der Waals surface area contributed by atoms with Crippen LogP contribution in [0.5, 0.6) is 0 Å². The van der Waals surface area contributed by atoms with Crippen LogP contribution in [0, 0.1) is 19.7 Å². The molecule has 1 aliphatic rings. The van der Waals surface area contributed by atoms with Crippen molar-refractivity contribution in [3.05, 3.63) is 75.5 Å². The summed E-state index contributed by atoms with van der Waals surface area (Å²) in [7, 11) is 0. The molecule has 6 nitrogen and oxygen atoms in total. The first kappa shape index (κ1) is 20.0. The molecule has 0 bridgehead atoms. The van der Waals surface area contributed by atoms with E-state index in [-0.39, 0.29) is 18.1 Å². The molecule has 1 saturated heterocycles. The van der Waals surface area contributed by atoms with Crippen LogP contribution in [0.3, 0.4) is 0 Å². The number of nitrogens with one attached hydrogen (secondary N) is 1. The van der Waals surface area contributed by atoms with Crippen LogP contribution in [0.15, 0.2) is 47.8 Å². The van der Waals surface area contributed by atoms with Gasteiger partial charge in [-0.15, -0.1) is 11.3 Å². The third-order valence-corrected chi connectivity index (χ3v) is 6.50. The molecule has 2 aromatic heterocycles. The minimum absolute atomic E-state index is 0.338. The van der Waals surface area contributed by atoms with Crippen molar-refractivity contribution >= 4 is 29.1 Å². The Morgan fingerprint density at radius 2 is 1.87 bits per heavy atom. The van der Waals surface area contributed by atoms with E-state index in [9.17, 15) is 18.8 Å². The first-order valence-corrected chi connectivity index (χ1v) is 10.3. The van der Waals surface area contributed by atoms with Gasteiger partial charge in [-0.05, 0) is 62.5 Å². The summed E-state index contributed by atoms with van der Waals surface area (Å²) in [6.45, 7) is 4.92. The first-order chi connectivity index (χ1) is 14.2. The predicted molar refractivity (Wildman–Crippen MR) is 111 cm³/mol. The second-order valence-electron chi connectivity index (χ2n) is 7.44. The summed E-state index contributed by atoms with van der Waals surface area (Å²) in [4.78, 5) is 40.1. The van der Waals surface area contributed by atoms with Crippen molar-refractivity contribution in [2.24, 2.45) is 0 Å². The van der Waals surface area contributed by atoms with Gasteiger partial charge in [-0.25, -0.2) is 9.18 Å². The number of imide groups is 1. The number of thiophene rings is 1. The Morgan fingerprint density at radius 3 is 2.50 bits per heavy atom. The maximum absolute atomic E-state index is 13.3. The molecule has 1 aliphatic heterocycles. The molecule has 3 heterocycles. The lowest BCUT2D eigenvalue weighted by Gasteiger charge is -2.19. The number of halogens is 1. The van der Waals surface area contributed by atoms with Gasteiger partial charge in [0.25, 0.3) is 5.91 Å². The van der Waals surface area contributed by atoms with Crippen molar-refractivity contribution in [3.63, 3.8) is 0 Å². The number of ketones is 1. The maximum Gasteiger partial charge on any atom is 0.325 e. The Balaban J connectivity index is 1.61. The first-order valence-electron chi connectivity index (χ1n) is 9.38. The second kappa shape index (κ2) is 7.21. The number of amides is 3. The monoisotopic (exact) mass is 425 g/mol. The summed E-state index contributed by atoms with van der Waals surface area (Å²) in [5, 5.41) is 4.54. The molecule has 1 aromatic carbocycles. The van der Waals surface area contributed by atoms with Gasteiger partial charge in [0.15, 0.2) is 11.3 Å². The van der Waals surface area contributed by atoms with Crippen molar-refractivity contribution in [1.82, 2.24) is 14.8 Å². The molecule has 0 aliphatic carbocycles. The Labute approximate surface area is 176 Å². The highest BCUT2D eigenvalue weighted by Gasteiger charge is 2.50. The van der Waals surface area contributed by atoms with Crippen LogP contribution in [0.1, 0.15) is 33.5 Å². The number of rotatable bonds is 5. The fourth-order valence-electron chi connectivity index (χ4n) is 3.83. The lowest BCUT2D eigenvalue weighted by molar-refractivity contribution is -0.130. The fraction of sp³-hybridized carbons (Fsp3) is 0.227. The maximum atomic E-state index is 13.3. The molecular formula is C22H20FN3O3S. The number of aryl methyl sites for hydroxylation is 1. The molecule has 1 unspecified atom stereocenters. The number of benzene rings is 1. The van der Waals surface area contributed by atoms with Gasteiger partial charge in [0.1, 0.15) is 5.82 Å². The van der Waals surface area contributed by atoms with Crippen molar-refractivity contribution < 1.29 is 18.8 Å². The van der Waals surface area contributed by atoms with Gasteiger partial charge >= 0.3 is 6.03 Å². The summed E-state index contributed by atoms with van der Waals surface area (Å²) >= 11 is 1.37. The molecule has 1 N–H and O–H groups in total. The van der Waals surface area contributed by atoms with E-state index in [2.05, 4.69) is 5.32 Å². The highest BCUT2D eigenvalue weighted by Crippen LogP contribution is 2.32. The summed E-state index contributed by atoms with van der Waals surface area (Å²) in [6, 6.07) is 10.7. The molecule has 0 spiro atoms. The quantitative estimate of drug-likeness (QED) is 0.497. The SMILES string of the molecule is Cc1cc(C(=O)CN2C(=O)NC(C)(c3cccs3)C2=O)c(C)n1-c1ccc(F)cc1. The van der Waals surface area contributed by atoms with Gasteiger partial charge in [-0.3, -0.25) is 14.5 Å². The van der Waals surface area contributed by atoms with Crippen LogP contribution in [0.4, 0.5) is 9.18 Å². The number of hydrogen-bond donors (Lipinski definition) is 1. The zero-order valence-electron chi connectivity index (χ0n) is 16.7. The molecule has 1 atom stereocenters. The zero-order chi connectivity index (χ0) is 21.6. The van der Waals surface area contributed by atoms with E-state index in [1.807, 2.05) is 22.9 Å². The van der Waals surface area contributed by atoms with E-state index < -0.39 is 17.5 Å². The standard InChI is InChI=1S/C22H20FN3O3S/c1-13-11-17(14(2)26(13)16-8-6-15(23)7-9-16)18(27)12-25-20(28)22(3,24-21(25)29)19-5-4-10-30-19/h4-11H,12H2,1-3H3,(H,24,29). The van der Waals surface area contributed by atoms with Crippen LogP contribution >= 0.6 is 11.3 Å². The molecule has 3 amide bonds. The molecule has 8 heteroatoms. The number of nitrogens with zero attached hydrogens (tertiary/aromatic N) is 2. The molecular weight excluding hydrogens is 405 g/mol. The highest BCUT2D eigenvalue weighted by atomic mass is 32.1. The minimum Gasteiger partial charge on any atom is -0.319 e. The van der Waals surface area contributed by atoms with Gasteiger partial charge in [0, 0.05) is 27.5 Å². The molecule has 4 rings (SSSR count). The second-order valence-corrected chi connectivity index (χ2v) is 8.39. The minimum atomic E-state index is -1.17. The van der Waals surface area contributed by atoms with E-state index in [0.717, 1.165) is 16.3 Å². The van der Waals surface area contributed by atoms with Crippen LogP contribution < -0.4 is 5.32 Å². The van der Waals surface area contributed by atoms with Gasteiger partial charge in [-0.1, -0.05) is 6.07 Å². The molecule has 3 aromatic rings. The van der Waals surface area contributed by atoms with Gasteiger partial charge in [0.05, 0.1) is 6.54 Å². The molecule has 1 fully saturated rings. The van der Waals surface area contributed by atoms with E-state index >= 15 is 0 Å². The third kappa shape index (κ3) is 3.13. The summed E-state index contributed by atoms with van der Waals surface area (Å²) in [5.41, 5.74) is 1.43. The Morgan fingerprint density at radius 1 is 1.17 bits per heavy atom. The van der Waals surface area contributed by atoms with E-state index in [1.54, 1.807) is 38.1 Å². The number of urea groups is 1. The number of aromatic nitrogens is 1. The highest BCUT2D eigenvalue weighted by molar-refractivity contribution is 7.10. The number of Topliss-reactive ketones (excluding diaryl/α,β-unsaturated/α-hetero) is 1. The molecule has 30 heavy (non-hydrogen) atoms. The Bertz CT molecular complexity index is 1150. The Hall–Kier alpha value is -3.26. The van der Waals surface area contributed by atoms with Crippen molar-refractivity contribution in [3.8, 4) is 5.69 Å². The third-order valence-electron chi connectivity index (χ3n) is 5.41. The number of carbonyl (C=O) groups excluding carboxylic acids is 3. The average Bonchev–Trinajstić information content (AvgIpc) is 3.39. The molecule has 154 valence electrons. The van der Waals surface area contributed by atoms with Crippen LogP contribution in [-0.4, -0.2) is 33.7 Å². The van der Waals surface area contributed by atoms with E-state index in [0.29, 0.717) is 16.1 Å². The smallest absolute Gasteiger partial charge is 0.319 e. The predicted octanol–water partition coefficient (Wildman–Crippen LogP) is 3.94. The number of carbonyl (C=O) groups is 3. The lowest BCUT2D eigenvalue weighted by atomic mass is 10.0. The van der Waals surface area contributed by atoms with Crippen molar-refractivity contribution in [2.75, 3.05) is 6.54 Å². The van der Waals surface area contributed by atoms with Crippen molar-refractivity contribution in [1.29, 1.82) is 0 Å². The summed E-state index contributed by atoms with van der Waals surface area (Å²) < 4.78 is 15.1. The van der Waals surface area contributed by atoms with Crippen molar-refractivity contribution in [2.45, 2.75) is 26.3 Å². The zero-order valence-corrected chi connectivity index (χ0v) is 17.5. The normalized spacial score (nSPS) is 18.7. The summed E-state index contributed by atoms with van der Waals surface area (Å²) in [5.74, 6) is -1.13. The number of hydrogen-bond acceptors (Lipinski definition) is 4. The summed E-state index contributed by atoms with van der Waals surface area (Å²) in [6.07, 6.45) is 0. The van der Waals surface area contributed by atoms with Crippen LogP contribution in [-0.2, 0) is 10.3 Å².